The molecule has 0 spiro atoms. The molecule has 5 heterocycles. The summed E-state index contributed by atoms with van der Waals surface area (Å²) < 4.78 is 6.55. The number of carbonyl (C=O) groups excluding carboxylic acids is 1. The average Bonchev–Trinajstić information content (AvgIpc) is 3.66. The number of nitrogens with one attached hydrogen (secondary N) is 1. The number of amides is 1. The van der Waals surface area contributed by atoms with Crippen LogP contribution < -0.4 is 5.32 Å². The van der Waals surface area contributed by atoms with Crippen molar-refractivity contribution in [2.75, 3.05) is 24.3 Å². The van der Waals surface area contributed by atoms with Gasteiger partial charge < -0.3 is 9.79 Å². The molecule has 1 radical (unpaired) electrons. The number of aromatic nitrogens is 4. The highest BCUT2D eigenvalue weighted by atomic mass is 35.5. The SMILES string of the molecule is CC(C)Cc1cn(-c2ccc3n2[B]N2C(=C3c3ccc(NC(=O)CCl)cc3)C=CC2=[N+]2CCCCC2)nn1. The highest BCUT2D eigenvalue weighted by Crippen LogP contribution is 2.37. The van der Waals surface area contributed by atoms with Crippen LogP contribution in [0.25, 0.3) is 11.4 Å². The van der Waals surface area contributed by atoms with Crippen LogP contribution in [0.5, 0.6) is 0 Å². The van der Waals surface area contributed by atoms with Gasteiger partial charge in [0, 0.05) is 23.0 Å². The summed E-state index contributed by atoms with van der Waals surface area (Å²) in [5.74, 6) is 2.36. The zero-order chi connectivity index (χ0) is 26.2. The second-order valence-corrected chi connectivity index (χ2v) is 10.7. The van der Waals surface area contributed by atoms with Crippen molar-refractivity contribution in [3.63, 3.8) is 0 Å². The fourth-order valence-corrected chi connectivity index (χ4v) is 5.54. The van der Waals surface area contributed by atoms with E-state index >= 15 is 0 Å². The van der Waals surface area contributed by atoms with Gasteiger partial charge in [0.1, 0.15) is 17.4 Å². The first-order chi connectivity index (χ1) is 18.5. The number of allylic oxidation sites excluding steroid dienone is 1. The number of nitrogens with zero attached hydrogens (tertiary/aromatic N) is 6. The van der Waals surface area contributed by atoms with E-state index in [1.54, 1.807) is 0 Å². The van der Waals surface area contributed by atoms with E-state index in [1.807, 2.05) is 23.0 Å². The number of carbonyl (C=O) groups is 1. The van der Waals surface area contributed by atoms with Gasteiger partial charge >= 0.3 is 7.55 Å². The van der Waals surface area contributed by atoms with E-state index in [2.05, 4.69) is 87.3 Å². The lowest BCUT2D eigenvalue weighted by Crippen LogP contribution is -2.43. The van der Waals surface area contributed by atoms with Crippen molar-refractivity contribution in [1.82, 2.24) is 24.3 Å². The fraction of sp³-hybridized carbons (Fsp3) is 0.357. The van der Waals surface area contributed by atoms with E-state index in [9.17, 15) is 4.79 Å². The van der Waals surface area contributed by atoms with Gasteiger partial charge in [0.05, 0.1) is 25.0 Å². The lowest BCUT2D eigenvalue weighted by Gasteiger charge is -2.27. The molecule has 38 heavy (non-hydrogen) atoms. The maximum Gasteiger partial charge on any atom is 0.553 e. The highest BCUT2D eigenvalue weighted by molar-refractivity contribution is 6.40. The highest BCUT2D eigenvalue weighted by Gasteiger charge is 2.40. The van der Waals surface area contributed by atoms with Crippen molar-refractivity contribution in [3.05, 3.63) is 77.4 Å². The molecule has 1 fully saturated rings. The normalized spacial score (nSPS) is 16.7. The van der Waals surface area contributed by atoms with Crippen molar-refractivity contribution >= 4 is 42.2 Å². The summed E-state index contributed by atoms with van der Waals surface area (Å²) >= 11 is 5.67. The zero-order valence-electron chi connectivity index (χ0n) is 21.8. The quantitative estimate of drug-likeness (QED) is 0.298. The molecule has 1 saturated heterocycles. The summed E-state index contributed by atoms with van der Waals surface area (Å²) in [5.41, 5.74) is 6.12. The number of rotatable bonds is 6. The molecule has 6 rings (SSSR count). The van der Waals surface area contributed by atoms with Crippen LogP contribution in [0.2, 0.25) is 0 Å². The average molecular weight is 528 g/mol. The Kier molecular flexibility index (Phi) is 6.70. The molecular weight excluding hydrogens is 497 g/mol. The van der Waals surface area contributed by atoms with E-state index in [-0.39, 0.29) is 11.8 Å². The molecule has 3 aliphatic rings. The third kappa shape index (κ3) is 4.60. The van der Waals surface area contributed by atoms with Crippen molar-refractivity contribution in [2.45, 2.75) is 39.5 Å². The predicted molar refractivity (Wildman–Crippen MR) is 151 cm³/mol. The molecule has 3 aromatic rings. The molecule has 3 aliphatic heterocycles. The summed E-state index contributed by atoms with van der Waals surface area (Å²) in [4.78, 5) is 14.1. The molecule has 0 aliphatic carbocycles. The van der Waals surface area contributed by atoms with Gasteiger partial charge in [0.2, 0.25) is 5.91 Å². The van der Waals surface area contributed by atoms with E-state index in [0.29, 0.717) is 5.92 Å². The molecule has 10 heteroatoms. The van der Waals surface area contributed by atoms with E-state index < -0.39 is 0 Å². The van der Waals surface area contributed by atoms with Crippen molar-refractivity contribution in [1.29, 1.82) is 0 Å². The Morgan fingerprint density at radius 1 is 1.11 bits per heavy atom. The zero-order valence-corrected chi connectivity index (χ0v) is 22.5. The Labute approximate surface area is 228 Å². The number of fused-ring (bicyclic) bond motifs is 2. The van der Waals surface area contributed by atoms with Crippen LogP contribution in [0.1, 0.15) is 50.1 Å². The molecule has 0 unspecified atom stereocenters. The second-order valence-electron chi connectivity index (χ2n) is 10.4. The number of anilines is 1. The van der Waals surface area contributed by atoms with Crippen LogP contribution in [-0.4, -0.2) is 67.1 Å². The third-order valence-corrected chi connectivity index (χ3v) is 7.43. The molecule has 193 valence electrons. The monoisotopic (exact) mass is 527 g/mol. The van der Waals surface area contributed by atoms with Crippen LogP contribution in [-0.2, 0) is 11.2 Å². The molecule has 1 aromatic carbocycles. The Morgan fingerprint density at radius 3 is 2.63 bits per heavy atom. The van der Waals surface area contributed by atoms with Crippen molar-refractivity contribution in [2.24, 2.45) is 5.92 Å². The van der Waals surface area contributed by atoms with E-state index in [4.69, 9.17) is 11.6 Å². The van der Waals surface area contributed by atoms with Crippen LogP contribution >= 0.6 is 11.6 Å². The summed E-state index contributed by atoms with van der Waals surface area (Å²) in [6, 6.07) is 12.2. The minimum absolute atomic E-state index is 0.0702. The summed E-state index contributed by atoms with van der Waals surface area (Å²) in [6.45, 7) is 6.51. The van der Waals surface area contributed by atoms with Gasteiger partial charge in [0.25, 0.3) is 5.84 Å². The molecule has 0 bridgehead atoms. The molecule has 1 amide bonds. The third-order valence-electron chi connectivity index (χ3n) is 7.19. The molecule has 0 saturated carbocycles. The molecule has 8 nitrogen and oxygen atoms in total. The molecule has 2 aromatic heterocycles. The van der Waals surface area contributed by atoms with Gasteiger partial charge in [-0.1, -0.05) is 31.2 Å². The minimum atomic E-state index is -0.220. The Balaban J connectivity index is 1.44. The lowest BCUT2D eigenvalue weighted by atomic mass is 9.91. The first-order valence-corrected chi connectivity index (χ1v) is 13.8. The number of hydrogen-bond acceptors (Lipinski definition) is 3. The number of halogens is 1. The van der Waals surface area contributed by atoms with Crippen LogP contribution in [0.15, 0.2) is 60.4 Å². The van der Waals surface area contributed by atoms with Gasteiger partial charge in [-0.2, -0.15) is 0 Å². The number of alkyl halides is 1. The standard InChI is InChI=1S/C28H30BClN7O/c1-19(2)16-22-18-35(33-32-22)27-13-11-24-28(20-6-8-21(9-7-20)31-25(38)17-30)23-10-12-26(36(23)29-37(24)27)34-14-4-3-5-15-34/h6-13,18-19H,3-5,14-17H2,1-2H3/p+1. The maximum atomic E-state index is 11.8. The lowest BCUT2D eigenvalue weighted by molar-refractivity contribution is -0.539. The Hall–Kier alpha value is -3.59. The Bertz CT molecular complexity index is 1460. The van der Waals surface area contributed by atoms with Gasteiger partial charge in [-0.3, -0.25) is 14.2 Å². The van der Waals surface area contributed by atoms with E-state index in [1.165, 1.54) is 25.1 Å². The predicted octanol–water partition coefficient (Wildman–Crippen LogP) is 4.07. The maximum absolute atomic E-state index is 11.8. The van der Waals surface area contributed by atoms with Crippen LogP contribution in [0.4, 0.5) is 5.69 Å². The number of benzene rings is 1. The fourth-order valence-electron chi connectivity index (χ4n) is 5.47. The summed E-state index contributed by atoms with van der Waals surface area (Å²) in [7, 11) is 2.17. The number of amidine groups is 1. The largest absolute Gasteiger partial charge is 0.553 e. The molecular formula is C28H31BClN7O+. The van der Waals surface area contributed by atoms with Gasteiger partial charge in [-0.15, -0.1) is 16.7 Å². The molecule has 1 N–H and O–H groups in total. The minimum Gasteiger partial charge on any atom is -0.329 e. The topological polar surface area (TPSA) is 71.0 Å². The van der Waals surface area contributed by atoms with E-state index in [0.717, 1.165) is 59.2 Å². The molecule has 0 atom stereocenters. The number of piperidine rings is 1. The second kappa shape index (κ2) is 10.3. The Morgan fingerprint density at radius 2 is 1.89 bits per heavy atom. The first kappa shape index (κ1) is 24.7. The van der Waals surface area contributed by atoms with Crippen molar-refractivity contribution < 1.29 is 9.37 Å². The van der Waals surface area contributed by atoms with Gasteiger partial charge in [-0.25, -0.2) is 4.68 Å². The van der Waals surface area contributed by atoms with Gasteiger partial charge in [-0.05, 0) is 67.5 Å². The van der Waals surface area contributed by atoms with Crippen LogP contribution in [0, 0.1) is 5.92 Å². The smallest absolute Gasteiger partial charge is 0.329 e. The summed E-state index contributed by atoms with van der Waals surface area (Å²) in [5, 5.41) is 11.7. The van der Waals surface area contributed by atoms with Crippen molar-refractivity contribution in [3.8, 4) is 5.82 Å². The number of hydrogen-bond donors (Lipinski definition) is 1. The first-order valence-electron chi connectivity index (χ1n) is 13.3. The van der Waals surface area contributed by atoms with Gasteiger partial charge in [0.15, 0.2) is 0 Å². The van der Waals surface area contributed by atoms with Crippen LogP contribution in [0.3, 0.4) is 0 Å². The summed E-state index contributed by atoms with van der Waals surface area (Å²) in [6.07, 6.45) is 11.1.